The van der Waals surface area contributed by atoms with Gasteiger partial charge in [0.25, 0.3) is 0 Å². The molecule has 0 spiro atoms. The molecule has 0 aromatic heterocycles. The van der Waals surface area contributed by atoms with Crippen LogP contribution in [0.4, 0.5) is 0 Å². The van der Waals surface area contributed by atoms with Crippen molar-refractivity contribution in [3.05, 3.63) is 0 Å². The maximum atomic E-state index is 10.7. The summed E-state index contributed by atoms with van der Waals surface area (Å²) in [5, 5.41) is 10.9. The van der Waals surface area contributed by atoms with E-state index in [9.17, 15) is 9.59 Å². The van der Waals surface area contributed by atoms with Crippen LogP contribution in [0.2, 0.25) is 0 Å². The molecule has 1 atom stereocenters. The fourth-order valence-electron chi connectivity index (χ4n) is 0.694. The summed E-state index contributed by atoms with van der Waals surface area (Å²) in [4.78, 5) is 20.9. The summed E-state index contributed by atoms with van der Waals surface area (Å²) in [6.45, 7) is 3.45. The molecule has 0 aliphatic heterocycles. The van der Waals surface area contributed by atoms with Crippen molar-refractivity contribution >= 4 is 11.9 Å². The molecule has 0 heterocycles. The Morgan fingerprint density at radius 2 is 2.15 bits per heavy atom. The zero-order valence-corrected chi connectivity index (χ0v) is 7.87. The second-order valence-corrected chi connectivity index (χ2v) is 2.67. The number of ether oxygens (including phenoxy) is 1. The minimum Gasteiger partial charge on any atom is -0.481 e. The summed E-state index contributed by atoms with van der Waals surface area (Å²) < 4.78 is 5.01. The van der Waals surface area contributed by atoms with Crippen molar-refractivity contribution in [3.63, 3.8) is 0 Å². The number of hydrogen-bond donors (Lipinski definition) is 2. The summed E-state index contributed by atoms with van der Waals surface area (Å²) in [7, 11) is 0. The van der Waals surface area contributed by atoms with E-state index in [1.54, 1.807) is 13.8 Å². The topological polar surface area (TPSA) is 75.6 Å². The number of carbonyl (C=O) groups excluding carboxylic acids is 1. The second-order valence-electron chi connectivity index (χ2n) is 2.67. The number of carbonyl (C=O) groups is 2. The molecule has 0 aromatic carbocycles. The van der Waals surface area contributed by atoms with E-state index in [4.69, 9.17) is 9.84 Å². The fraction of sp³-hybridized carbons (Fsp3) is 0.750. The average Bonchev–Trinajstić information content (AvgIpc) is 2.02. The van der Waals surface area contributed by atoms with Gasteiger partial charge in [0.15, 0.2) is 0 Å². The first-order valence-corrected chi connectivity index (χ1v) is 4.16. The Bertz CT molecular complexity index is 181. The molecule has 0 rings (SSSR count). The van der Waals surface area contributed by atoms with Gasteiger partial charge in [0.05, 0.1) is 12.5 Å². The van der Waals surface area contributed by atoms with Gasteiger partial charge in [-0.2, -0.15) is 0 Å². The minimum atomic E-state index is -0.908. The molecule has 2 N–H and O–H groups in total. The predicted molar refractivity (Wildman–Crippen MR) is 46.1 cm³/mol. The van der Waals surface area contributed by atoms with Gasteiger partial charge < -0.3 is 15.2 Å². The number of aliphatic carboxylic acids is 1. The molecule has 0 aliphatic rings. The summed E-state index contributed by atoms with van der Waals surface area (Å²) >= 11 is 0. The molecule has 5 heteroatoms. The van der Waals surface area contributed by atoms with Crippen LogP contribution >= 0.6 is 0 Å². The molecule has 0 bridgehead atoms. The van der Waals surface area contributed by atoms with Crippen LogP contribution in [0.5, 0.6) is 0 Å². The third kappa shape index (κ3) is 7.27. The van der Waals surface area contributed by atoms with Crippen molar-refractivity contribution in [2.45, 2.75) is 32.8 Å². The Kier molecular flexibility index (Phi) is 5.88. The van der Waals surface area contributed by atoms with Crippen molar-refractivity contribution in [2.75, 3.05) is 6.73 Å². The van der Waals surface area contributed by atoms with E-state index < -0.39 is 5.97 Å². The predicted octanol–water partition coefficient (Wildman–Crippen LogP) is 0.350. The SMILES string of the molecule is CCC(=O)NCO[C@H](C)CC(=O)O. The summed E-state index contributed by atoms with van der Waals surface area (Å²) in [5.74, 6) is -1.02. The molecular formula is C8H15NO4. The van der Waals surface area contributed by atoms with Crippen molar-refractivity contribution in [3.8, 4) is 0 Å². The molecule has 0 aromatic rings. The summed E-state index contributed by atoms with van der Waals surface area (Å²) in [6, 6.07) is 0. The molecule has 0 radical (unpaired) electrons. The molecule has 0 saturated heterocycles. The molecule has 0 fully saturated rings. The first-order valence-electron chi connectivity index (χ1n) is 4.16. The van der Waals surface area contributed by atoms with Gasteiger partial charge in [0.1, 0.15) is 6.73 Å². The van der Waals surface area contributed by atoms with Gasteiger partial charge in [-0.3, -0.25) is 9.59 Å². The van der Waals surface area contributed by atoms with Crippen LogP contribution in [-0.2, 0) is 14.3 Å². The lowest BCUT2D eigenvalue weighted by Gasteiger charge is -2.10. The van der Waals surface area contributed by atoms with Gasteiger partial charge in [-0.1, -0.05) is 6.92 Å². The maximum absolute atomic E-state index is 10.7. The Hall–Kier alpha value is -1.10. The van der Waals surface area contributed by atoms with Crippen molar-refractivity contribution in [1.82, 2.24) is 5.32 Å². The highest BCUT2D eigenvalue weighted by Gasteiger charge is 2.07. The van der Waals surface area contributed by atoms with Gasteiger partial charge in [-0.25, -0.2) is 0 Å². The van der Waals surface area contributed by atoms with Gasteiger partial charge >= 0.3 is 5.97 Å². The fourth-order valence-corrected chi connectivity index (χ4v) is 0.694. The number of nitrogens with one attached hydrogen (secondary N) is 1. The lowest BCUT2D eigenvalue weighted by atomic mass is 10.3. The quantitative estimate of drug-likeness (QED) is 0.591. The van der Waals surface area contributed by atoms with Crippen LogP contribution in [0, 0.1) is 0 Å². The number of carboxylic acid groups (broad SMARTS) is 1. The maximum Gasteiger partial charge on any atom is 0.305 e. The smallest absolute Gasteiger partial charge is 0.305 e. The highest BCUT2D eigenvalue weighted by Crippen LogP contribution is 1.95. The molecule has 0 unspecified atom stereocenters. The minimum absolute atomic E-state index is 0.0536. The van der Waals surface area contributed by atoms with E-state index >= 15 is 0 Å². The van der Waals surface area contributed by atoms with Crippen LogP contribution in [0.1, 0.15) is 26.7 Å². The molecule has 1 amide bonds. The van der Waals surface area contributed by atoms with E-state index in [-0.39, 0.29) is 25.2 Å². The zero-order chi connectivity index (χ0) is 10.3. The summed E-state index contributed by atoms with van der Waals surface area (Å²) in [5.41, 5.74) is 0. The third-order valence-electron chi connectivity index (χ3n) is 1.42. The Labute approximate surface area is 77.1 Å². The van der Waals surface area contributed by atoms with E-state index in [0.29, 0.717) is 6.42 Å². The lowest BCUT2D eigenvalue weighted by Crippen LogP contribution is -2.28. The van der Waals surface area contributed by atoms with E-state index in [1.807, 2.05) is 0 Å². The van der Waals surface area contributed by atoms with Crippen LogP contribution in [0.25, 0.3) is 0 Å². The Morgan fingerprint density at radius 3 is 2.62 bits per heavy atom. The van der Waals surface area contributed by atoms with E-state index in [0.717, 1.165) is 0 Å². The molecule has 13 heavy (non-hydrogen) atoms. The molecule has 0 saturated carbocycles. The first-order chi connectivity index (χ1) is 6.06. The lowest BCUT2D eigenvalue weighted by molar-refractivity contribution is -0.140. The van der Waals surface area contributed by atoms with E-state index in [2.05, 4.69) is 5.32 Å². The monoisotopic (exact) mass is 189 g/mol. The van der Waals surface area contributed by atoms with Crippen LogP contribution in [0.3, 0.4) is 0 Å². The van der Waals surface area contributed by atoms with Crippen LogP contribution in [-0.4, -0.2) is 29.8 Å². The highest BCUT2D eigenvalue weighted by molar-refractivity contribution is 5.75. The number of hydrogen-bond acceptors (Lipinski definition) is 3. The van der Waals surface area contributed by atoms with Crippen molar-refractivity contribution < 1.29 is 19.4 Å². The Balaban J connectivity index is 3.42. The van der Waals surface area contributed by atoms with Crippen LogP contribution in [0.15, 0.2) is 0 Å². The number of carboxylic acids is 1. The molecule has 76 valence electrons. The Morgan fingerprint density at radius 1 is 1.54 bits per heavy atom. The standard InChI is InChI=1S/C8H15NO4/c1-3-7(10)9-5-13-6(2)4-8(11)12/h6H,3-5H2,1-2H3,(H,9,10)(H,11,12)/t6-/m1/s1. The molecule has 5 nitrogen and oxygen atoms in total. The molecule has 0 aliphatic carbocycles. The number of amides is 1. The van der Waals surface area contributed by atoms with Gasteiger partial charge in [0.2, 0.25) is 5.91 Å². The van der Waals surface area contributed by atoms with Crippen molar-refractivity contribution in [1.29, 1.82) is 0 Å². The normalized spacial score (nSPS) is 12.2. The first kappa shape index (κ1) is 11.9. The summed E-state index contributed by atoms with van der Waals surface area (Å²) in [6.07, 6.45) is -0.0340. The highest BCUT2D eigenvalue weighted by atomic mass is 16.5. The zero-order valence-electron chi connectivity index (χ0n) is 7.87. The van der Waals surface area contributed by atoms with Gasteiger partial charge in [-0.15, -0.1) is 0 Å². The molecular weight excluding hydrogens is 174 g/mol. The number of rotatable bonds is 6. The van der Waals surface area contributed by atoms with Gasteiger partial charge in [0, 0.05) is 6.42 Å². The average molecular weight is 189 g/mol. The van der Waals surface area contributed by atoms with E-state index in [1.165, 1.54) is 0 Å². The van der Waals surface area contributed by atoms with Crippen LogP contribution < -0.4 is 5.32 Å². The largest absolute Gasteiger partial charge is 0.481 e. The third-order valence-corrected chi connectivity index (χ3v) is 1.42. The van der Waals surface area contributed by atoms with Gasteiger partial charge in [-0.05, 0) is 6.92 Å². The van der Waals surface area contributed by atoms with Crippen molar-refractivity contribution in [2.24, 2.45) is 0 Å². The second kappa shape index (κ2) is 6.42.